The van der Waals surface area contributed by atoms with Crippen LogP contribution < -0.4 is 10.6 Å². The predicted molar refractivity (Wildman–Crippen MR) is 72.8 cm³/mol. The summed E-state index contributed by atoms with van der Waals surface area (Å²) < 4.78 is 0. The zero-order valence-electron chi connectivity index (χ0n) is 9.46. The molecule has 96 valence electrons. The number of pyridine rings is 1. The third-order valence-corrected chi connectivity index (χ3v) is 2.60. The van der Waals surface area contributed by atoms with Gasteiger partial charge in [0.15, 0.2) is 0 Å². The van der Waals surface area contributed by atoms with E-state index < -0.39 is 0 Å². The van der Waals surface area contributed by atoms with Crippen molar-refractivity contribution in [3.63, 3.8) is 0 Å². The van der Waals surface area contributed by atoms with Crippen LogP contribution >= 0.6 is 24.8 Å². The second kappa shape index (κ2) is 7.48. The lowest BCUT2D eigenvalue weighted by atomic mass is 10.1. The van der Waals surface area contributed by atoms with Crippen molar-refractivity contribution in [2.45, 2.75) is 25.8 Å². The van der Waals surface area contributed by atoms with Crippen LogP contribution in [0.3, 0.4) is 0 Å². The summed E-state index contributed by atoms with van der Waals surface area (Å²) in [6, 6.07) is 5.63. The van der Waals surface area contributed by atoms with Gasteiger partial charge in [0.1, 0.15) is 5.82 Å². The Morgan fingerprint density at radius 1 is 1.29 bits per heavy atom. The molecular weight excluding hydrogens is 261 g/mol. The molecule has 2 N–H and O–H groups in total. The van der Waals surface area contributed by atoms with E-state index in [4.69, 9.17) is 5.73 Å². The highest BCUT2D eigenvalue weighted by atomic mass is 35.5. The van der Waals surface area contributed by atoms with Gasteiger partial charge in [-0.25, -0.2) is 4.98 Å². The van der Waals surface area contributed by atoms with Gasteiger partial charge in [0.2, 0.25) is 5.91 Å². The van der Waals surface area contributed by atoms with Crippen molar-refractivity contribution < 1.29 is 4.79 Å². The van der Waals surface area contributed by atoms with Crippen LogP contribution in [0.1, 0.15) is 25.0 Å². The van der Waals surface area contributed by atoms with Crippen LogP contribution in [-0.2, 0) is 11.3 Å². The fourth-order valence-corrected chi connectivity index (χ4v) is 1.78. The Balaban J connectivity index is 0.00000128. The number of rotatable bonds is 2. The number of amides is 1. The Morgan fingerprint density at radius 2 is 2.06 bits per heavy atom. The maximum Gasteiger partial charge on any atom is 0.228 e. The summed E-state index contributed by atoms with van der Waals surface area (Å²) in [7, 11) is 0. The minimum absolute atomic E-state index is 0. The third kappa shape index (κ3) is 3.84. The Hall–Kier alpha value is -0.840. The largest absolute Gasteiger partial charge is 0.325 e. The monoisotopic (exact) mass is 277 g/mol. The maximum absolute atomic E-state index is 11.6. The van der Waals surface area contributed by atoms with Gasteiger partial charge in [-0.3, -0.25) is 9.69 Å². The summed E-state index contributed by atoms with van der Waals surface area (Å²) in [5.41, 5.74) is 6.34. The van der Waals surface area contributed by atoms with Crippen molar-refractivity contribution in [1.82, 2.24) is 4.98 Å². The molecule has 0 unspecified atom stereocenters. The average Bonchev–Trinajstić information content (AvgIpc) is 2.30. The minimum Gasteiger partial charge on any atom is -0.325 e. The van der Waals surface area contributed by atoms with Gasteiger partial charge in [-0.05, 0) is 25.0 Å². The highest BCUT2D eigenvalue weighted by Gasteiger charge is 2.20. The van der Waals surface area contributed by atoms with E-state index in [0.717, 1.165) is 30.9 Å². The molecule has 1 saturated heterocycles. The number of carbonyl (C=O) groups is 1. The van der Waals surface area contributed by atoms with E-state index in [1.165, 1.54) is 0 Å². The second-order valence-corrected chi connectivity index (χ2v) is 3.69. The van der Waals surface area contributed by atoms with Gasteiger partial charge in [-0.2, -0.15) is 0 Å². The fraction of sp³-hybridized carbons (Fsp3) is 0.455. The summed E-state index contributed by atoms with van der Waals surface area (Å²) in [5.74, 6) is 0.908. The van der Waals surface area contributed by atoms with E-state index in [1.807, 2.05) is 18.2 Å². The standard InChI is InChI=1S/C11H15N3O.2ClH/c12-8-9-4-3-5-10(13-9)14-7-2-1-6-11(14)15;;/h3-5H,1-2,6-8,12H2;2*1H. The quantitative estimate of drug-likeness (QED) is 0.898. The molecule has 1 amide bonds. The molecule has 0 spiro atoms. The molecule has 6 heteroatoms. The van der Waals surface area contributed by atoms with Crippen molar-refractivity contribution in [3.8, 4) is 0 Å². The van der Waals surface area contributed by atoms with Crippen molar-refractivity contribution in [2.75, 3.05) is 11.4 Å². The topological polar surface area (TPSA) is 59.2 Å². The predicted octanol–water partition coefficient (Wildman–Crippen LogP) is 1.90. The number of carbonyl (C=O) groups excluding carboxylic acids is 1. The van der Waals surface area contributed by atoms with Gasteiger partial charge >= 0.3 is 0 Å². The number of halogens is 2. The van der Waals surface area contributed by atoms with E-state index >= 15 is 0 Å². The Labute approximate surface area is 113 Å². The van der Waals surface area contributed by atoms with E-state index in [2.05, 4.69) is 4.98 Å². The van der Waals surface area contributed by atoms with Crippen LogP contribution in [0.2, 0.25) is 0 Å². The van der Waals surface area contributed by atoms with Gasteiger partial charge < -0.3 is 5.73 Å². The molecule has 2 heterocycles. The molecule has 0 radical (unpaired) electrons. The maximum atomic E-state index is 11.6. The summed E-state index contributed by atoms with van der Waals surface area (Å²) >= 11 is 0. The molecule has 0 saturated carbocycles. The Bertz CT molecular complexity index is 373. The number of nitrogens with zero attached hydrogens (tertiary/aromatic N) is 2. The van der Waals surface area contributed by atoms with Crippen LogP contribution in [-0.4, -0.2) is 17.4 Å². The lowest BCUT2D eigenvalue weighted by Crippen LogP contribution is -2.35. The van der Waals surface area contributed by atoms with Crippen molar-refractivity contribution in [2.24, 2.45) is 5.73 Å². The number of piperidine rings is 1. The normalized spacial score (nSPS) is 14.9. The first kappa shape index (κ1) is 16.2. The zero-order valence-corrected chi connectivity index (χ0v) is 11.1. The first-order chi connectivity index (χ1) is 7.31. The highest BCUT2D eigenvalue weighted by molar-refractivity contribution is 5.93. The third-order valence-electron chi connectivity index (χ3n) is 2.60. The zero-order chi connectivity index (χ0) is 10.7. The summed E-state index contributed by atoms with van der Waals surface area (Å²) in [4.78, 5) is 17.7. The summed E-state index contributed by atoms with van der Waals surface area (Å²) in [6.07, 6.45) is 2.68. The molecule has 0 atom stereocenters. The lowest BCUT2D eigenvalue weighted by molar-refractivity contribution is -0.119. The van der Waals surface area contributed by atoms with Gasteiger partial charge in [0, 0.05) is 19.5 Å². The second-order valence-electron chi connectivity index (χ2n) is 3.69. The number of nitrogens with two attached hydrogens (primary N) is 1. The van der Waals surface area contributed by atoms with Crippen molar-refractivity contribution in [3.05, 3.63) is 23.9 Å². The van der Waals surface area contributed by atoms with Crippen molar-refractivity contribution in [1.29, 1.82) is 0 Å². The molecule has 1 fully saturated rings. The van der Waals surface area contributed by atoms with E-state index in [-0.39, 0.29) is 30.7 Å². The smallest absolute Gasteiger partial charge is 0.228 e. The first-order valence-corrected chi connectivity index (χ1v) is 5.27. The highest BCUT2D eigenvalue weighted by Crippen LogP contribution is 2.18. The lowest BCUT2D eigenvalue weighted by Gasteiger charge is -2.25. The van der Waals surface area contributed by atoms with E-state index in [0.29, 0.717) is 13.0 Å². The first-order valence-electron chi connectivity index (χ1n) is 5.27. The molecule has 1 aromatic heterocycles. The van der Waals surface area contributed by atoms with Crippen molar-refractivity contribution >= 4 is 36.5 Å². The van der Waals surface area contributed by atoms with Crippen LogP contribution in [0.25, 0.3) is 0 Å². The fourth-order valence-electron chi connectivity index (χ4n) is 1.78. The number of anilines is 1. The van der Waals surface area contributed by atoms with Crippen LogP contribution in [0.4, 0.5) is 5.82 Å². The molecule has 0 aromatic carbocycles. The molecule has 1 aromatic rings. The average molecular weight is 278 g/mol. The van der Waals surface area contributed by atoms with Crippen LogP contribution in [0.15, 0.2) is 18.2 Å². The molecular formula is C11H17Cl2N3O. The summed E-state index contributed by atoms with van der Waals surface area (Å²) in [6.45, 7) is 1.19. The SMILES string of the molecule is Cl.Cl.NCc1cccc(N2CCCCC2=O)n1. The van der Waals surface area contributed by atoms with E-state index in [9.17, 15) is 4.79 Å². The van der Waals surface area contributed by atoms with Gasteiger partial charge in [0.05, 0.1) is 5.69 Å². The molecule has 4 nitrogen and oxygen atoms in total. The molecule has 1 aliphatic heterocycles. The molecule has 17 heavy (non-hydrogen) atoms. The summed E-state index contributed by atoms with van der Waals surface area (Å²) in [5, 5.41) is 0. The Morgan fingerprint density at radius 3 is 2.71 bits per heavy atom. The molecule has 0 aliphatic carbocycles. The van der Waals surface area contributed by atoms with E-state index in [1.54, 1.807) is 4.90 Å². The van der Waals surface area contributed by atoms with Gasteiger partial charge in [-0.15, -0.1) is 24.8 Å². The van der Waals surface area contributed by atoms with Gasteiger partial charge in [0.25, 0.3) is 0 Å². The molecule has 1 aliphatic rings. The van der Waals surface area contributed by atoms with Crippen LogP contribution in [0.5, 0.6) is 0 Å². The van der Waals surface area contributed by atoms with Crippen LogP contribution in [0, 0.1) is 0 Å². The molecule has 0 bridgehead atoms. The molecule has 2 rings (SSSR count). The van der Waals surface area contributed by atoms with Gasteiger partial charge in [-0.1, -0.05) is 6.07 Å². The number of aromatic nitrogens is 1. The minimum atomic E-state index is 0. The number of hydrogen-bond acceptors (Lipinski definition) is 3. The number of hydrogen-bond donors (Lipinski definition) is 1. The Kier molecular flexibility index (Phi) is 7.11.